The SMILES string of the molecule is CCOC(=O)c1ccc(-c2ccc(C=C(c3ccccc3)c3ccccc3)cc2)cc1C(=O)OCC. The second-order valence-corrected chi connectivity index (χ2v) is 8.11. The molecule has 0 fully saturated rings. The lowest BCUT2D eigenvalue weighted by molar-refractivity contribution is 0.0479. The Morgan fingerprint density at radius 3 is 1.64 bits per heavy atom. The Hall–Kier alpha value is -4.44. The topological polar surface area (TPSA) is 52.6 Å². The van der Waals surface area contributed by atoms with Gasteiger partial charge in [-0.2, -0.15) is 0 Å². The summed E-state index contributed by atoms with van der Waals surface area (Å²) >= 11 is 0. The zero-order valence-electron chi connectivity index (χ0n) is 20.4. The number of ether oxygens (including phenoxy) is 2. The molecule has 4 aromatic rings. The van der Waals surface area contributed by atoms with Crippen LogP contribution in [0.3, 0.4) is 0 Å². The quantitative estimate of drug-likeness (QED) is 0.198. The Bertz CT molecular complexity index is 1310. The Kier molecular flexibility index (Phi) is 8.09. The summed E-state index contributed by atoms with van der Waals surface area (Å²) < 4.78 is 10.3. The molecule has 0 unspecified atom stereocenters. The lowest BCUT2D eigenvalue weighted by Crippen LogP contribution is -2.14. The third-order valence-corrected chi connectivity index (χ3v) is 5.73. The van der Waals surface area contributed by atoms with Gasteiger partial charge < -0.3 is 9.47 Å². The van der Waals surface area contributed by atoms with Crippen molar-refractivity contribution in [2.45, 2.75) is 13.8 Å². The number of esters is 2. The van der Waals surface area contributed by atoms with Crippen molar-refractivity contribution < 1.29 is 19.1 Å². The van der Waals surface area contributed by atoms with E-state index in [2.05, 4.69) is 30.3 Å². The van der Waals surface area contributed by atoms with Gasteiger partial charge in [0.05, 0.1) is 24.3 Å². The van der Waals surface area contributed by atoms with Crippen molar-refractivity contribution in [2.75, 3.05) is 13.2 Å². The van der Waals surface area contributed by atoms with E-state index in [1.54, 1.807) is 26.0 Å². The van der Waals surface area contributed by atoms with Gasteiger partial charge in [0.25, 0.3) is 0 Å². The maximum atomic E-state index is 12.6. The molecule has 0 N–H and O–H groups in total. The van der Waals surface area contributed by atoms with Crippen LogP contribution in [0.5, 0.6) is 0 Å². The highest BCUT2D eigenvalue weighted by Crippen LogP contribution is 2.28. The average molecular weight is 477 g/mol. The van der Waals surface area contributed by atoms with Gasteiger partial charge in [-0.05, 0) is 65.4 Å². The van der Waals surface area contributed by atoms with Crippen LogP contribution in [0.25, 0.3) is 22.8 Å². The molecule has 0 saturated carbocycles. The van der Waals surface area contributed by atoms with E-state index in [4.69, 9.17) is 9.47 Å². The normalized spacial score (nSPS) is 10.4. The second kappa shape index (κ2) is 11.8. The molecule has 0 spiro atoms. The molecule has 0 aliphatic carbocycles. The van der Waals surface area contributed by atoms with Crippen LogP contribution in [0.4, 0.5) is 0 Å². The molecular formula is C32H28O4. The molecule has 36 heavy (non-hydrogen) atoms. The van der Waals surface area contributed by atoms with Gasteiger partial charge in [0, 0.05) is 0 Å². The first-order valence-corrected chi connectivity index (χ1v) is 12.0. The zero-order valence-corrected chi connectivity index (χ0v) is 20.4. The summed E-state index contributed by atoms with van der Waals surface area (Å²) in [7, 11) is 0. The lowest BCUT2D eigenvalue weighted by atomic mass is 9.94. The van der Waals surface area contributed by atoms with Gasteiger partial charge in [0.2, 0.25) is 0 Å². The van der Waals surface area contributed by atoms with Gasteiger partial charge in [-0.1, -0.05) is 91.0 Å². The summed E-state index contributed by atoms with van der Waals surface area (Å²) in [5.41, 5.74) is 6.61. The molecule has 4 aromatic carbocycles. The fourth-order valence-corrected chi connectivity index (χ4v) is 4.00. The van der Waals surface area contributed by atoms with E-state index in [0.29, 0.717) is 0 Å². The Morgan fingerprint density at radius 2 is 1.11 bits per heavy atom. The van der Waals surface area contributed by atoms with Crippen LogP contribution in [-0.4, -0.2) is 25.2 Å². The highest BCUT2D eigenvalue weighted by Gasteiger charge is 2.20. The van der Waals surface area contributed by atoms with E-state index in [9.17, 15) is 9.59 Å². The zero-order chi connectivity index (χ0) is 25.3. The van der Waals surface area contributed by atoms with Crippen molar-refractivity contribution in [2.24, 2.45) is 0 Å². The molecular weight excluding hydrogens is 448 g/mol. The van der Waals surface area contributed by atoms with E-state index in [1.165, 1.54) is 0 Å². The Morgan fingerprint density at radius 1 is 0.611 bits per heavy atom. The van der Waals surface area contributed by atoms with Crippen molar-refractivity contribution in [3.63, 3.8) is 0 Å². The molecule has 0 saturated heterocycles. The highest BCUT2D eigenvalue weighted by atomic mass is 16.5. The molecule has 4 heteroatoms. The second-order valence-electron chi connectivity index (χ2n) is 8.11. The maximum absolute atomic E-state index is 12.6. The van der Waals surface area contributed by atoms with Gasteiger partial charge in [0.15, 0.2) is 0 Å². The Labute approximate surface area is 211 Å². The minimum absolute atomic E-state index is 0.201. The average Bonchev–Trinajstić information content (AvgIpc) is 2.93. The van der Waals surface area contributed by atoms with Crippen LogP contribution in [0.2, 0.25) is 0 Å². The largest absolute Gasteiger partial charge is 0.462 e. The van der Waals surface area contributed by atoms with Gasteiger partial charge in [-0.25, -0.2) is 9.59 Å². The summed E-state index contributed by atoms with van der Waals surface area (Å²) in [6, 6.07) is 33.8. The Balaban J connectivity index is 1.69. The first kappa shape index (κ1) is 24.7. The van der Waals surface area contributed by atoms with Crippen molar-refractivity contribution in [3.05, 3.63) is 131 Å². The predicted octanol–water partition coefficient (Wildman–Crippen LogP) is 7.30. The first-order valence-electron chi connectivity index (χ1n) is 12.0. The van der Waals surface area contributed by atoms with Crippen LogP contribution in [0.1, 0.15) is 51.3 Å². The molecule has 180 valence electrons. The number of hydrogen-bond acceptors (Lipinski definition) is 4. The lowest BCUT2D eigenvalue weighted by Gasteiger charge is -2.11. The molecule has 0 aliphatic heterocycles. The smallest absolute Gasteiger partial charge is 0.339 e. The third kappa shape index (κ3) is 5.78. The molecule has 4 nitrogen and oxygen atoms in total. The fourth-order valence-electron chi connectivity index (χ4n) is 4.00. The van der Waals surface area contributed by atoms with E-state index in [-0.39, 0.29) is 24.3 Å². The van der Waals surface area contributed by atoms with E-state index in [0.717, 1.165) is 33.4 Å². The summed E-state index contributed by atoms with van der Waals surface area (Å²) in [4.78, 5) is 24.9. The molecule has 0 aromatic heterocycles. The fraction of sp³-hybridized carbons (Fsp3) is 0.125. The minimum atomic E-state index is -0.544. The summed E-state index contributed by atoms with van der Waals surface area (Å²) in [5.74, 6) is -1.08. The van der Waals surface area contributed by atoms with Crippen LogP contribution in [0.15, 0.2) is 103 Å². The molecule has 0 amide bonds. The molecule has 0 atom stereocenters. The number of rotatable bonds is 8. The predicted molar refractivity (Wildman–Crippen MR) is 144 cm³/mol. The summed E-state index contributed by atoms with van der Waals surface area (Å²) in [6.45, 7) is 3.91. The van der Waals surface area contributed by atoms with Crippen LogP contribution in [-0.2, 0) is 9.47 Å². The maximum Gasteiger partial charge on any atom is 0.339 e. The first-order chi connectivity index (χ1) is 17.6. The van der Waals surface area contributed by atoms with Gasteiger partial charge >= 0.3 is 11.9 Å². The number of carbonyl (C=O) groups excluding carboxylic acids is 2. The number of hydrogen-bond donors (Lipinski definition) is 0. The van der Waals surface area contributed by atoms with Gasteiger partial charge in [-0.15, -0.1) is 0 Å². The highest BCUT2D eigenvalue weighted by molar-refractivity contribution is 6.04. The van der Waals surface area contributed by atoms with Crippen molar-refractivity contribution >= 4 is 23.6 Å². The molecule has 0 heterocycles. The van der Waals surface area contributed by atoms with Crippen molar-refractivity contribution in [1.82, 2.24) is 0 Å². The van der Waals surface area contributed by atoms with Gasteiger partial charge in [-0.3, -0.25) is 0 Å². The standard InChI is InChI=1S/C32H28O4/c1-3-35-31(33)28-20-19-27(22-30(28)32(34)36-4-2)24-17-15-23(16-18-24)21-29(25-11-7-5-8-12-25)26-13-9-6-10-14-26/h5-22H,3-4H2,1-2H3. The number of carbonyl (C=O) groups is 2. The van der Waals surface area contributed by atoms with Crippen molar-refractivity contribution in [3.8, 4) is 11.1 Å². The van der Waals surface area contributed by atoms with Gasteiger partial charge in [0.1, 0.15) is 0 Å². The van der Waals surface area contributed by atoms with Crippen LogP contribution in [0, 0.1) is 0 Å². The summed E-state index contributed by atoms with van der Waals surface area (Å²) in [6.07, 6.45) is 2.17. The summed E-state index contributed by atoms with van der Waals surface area (Å²) in [5, 5.41) is 0. The van der Waals surface area contributed by atoms with Crippen LogP contribution >= 0.6 is 0 Å². The third-order valence-electron chi connectivity index (χ3n) is 5.73. The molecule has 0 aliphatic rings. The van der Waals surface area contributed by atoms with E-state index in [1.807, 2.05) is 66.7 Å². The van der Waals surface area contributed by atoms with Crippen LogP contribution < -0.4 is 0 Å². The molecule has 0 radical (unpaired) electrons. The molecule has 0 bridgehead atoms. The molecule has 4 rings (SSSR count). The van der Waals surface area contributed by atoms with E-state index < -0.39 is 11.9 Å². The van der Waals surface area contributed by atoms with E-state index >= 15 is 0 Å². The monoisotopic (exact) mass is 476 g/mol. The minimum Gasteiger partial charge on any atom is -0.462 e. The number of benzene rings is 4. The van der Waals surface area contributed by atoms with Crippen molar-refractivity contribution in [1.29, 1.82) is 0 Å².